The van der Waals surface area contributed by atoms with Crippen molar-refractivity contribution >= 4 is 5.97 Å². The van der Waals surface area contributed by atoms with Crippen molar-refractivity contribution in [2.24, 2.45) is 62.6 Å². The second kappa shape index (κ2) is 9.61. The van der Waals surface area contributed by atoms with E-state index in [4.69, 9.17) is 9.57 Å². The van der Waals surface area contributed by atoms with E-state index in [0.717, 1.165) is 19.3 Å². The van der Waals surface area contributed by atoms with Gasteiger partial charge < -0.3 is 9.57 Å². The van der Waals surface area contributed by atoms with Gasteiger partial charge in [-0.15, -0.1) is 10.1 Å². The molecule has 5 unspecified atom stereocenters. The summed E-state index contributed by atoms with van der Waals surface area (Å²) in [5.74, 6) is 3.79. The Morgan fingerprint density at radius 1 is 0.897 bits per heavy atom. The zero-order valence-electron chi connectivity index (χ0n) is 26.0. The zero-order valence-corrected chi connectivity index (χ0v) is 26.0. The Morgan fingerprint density at radius 2 is 1.62 bits per heavy atom. The molecule has 0 aromatic carbocycles. The Morgan fingerprint density at radius 3 is 2.26 bits per heavy atom. The summed E-state index contributed by atoms with van der Waals surface area (Å²) in [5, 5.41) is 10.4. The van der Waals surface area contributed by atoms with Crippen LogP contribution in [-0.2, 0) is 14.4 Å². The minimum Gasteiger partial charge on any atom is -0.462 e. The first kappa shape index (κ1) is 29.2. The van der Waals surface area contributed by atoms with E-state index in [9.17, 15) is 14.9 Å². The van der Waals surface area contributed by atoms with Crippen LogP contribution in [-0.4, -0.2) is 23.8 Å². The highest BCUT2D eigenvalue weighted by Gasteiger charge is 2.71. The third-order valence-corrected chi connectivity index (χ3v) is 14.6. The SMILES string of the molecule is CC(=O)OC1CC[C@@]2(C)C(CC[C@]3(C)C2CCC2C4[C@H](C(C)C)CC[C@]4(CCO[N+](=O)[O-])CC[C@]23C)C1(C)C. The number of rotatable bonds is 6. The molecule has 0 heterocycles. The Kier molecular flexibility index (Phi) is 7.19. The van der Waals surface area contributed by atoms with Gasteiger partial charge in [-0.05, 0) is 128 Å². The molecule has 39 heavy (non-hydrogen) atoms. The van der Waals surface area contributed by atoms with E-state index in [2.05, 4.69) is 48.5 Å². The van der Waals surface area contributed by atoms with Crippen molar-refractivity contribution in [1.82, 2.24) is 0 Å². The summed E-state index contributed by atoms with van der Waals surface area (Å²) in [4.78, 5) is 27.9. The predicted octanol–water partition coefficient (Wildman–Crippen LogP) is 8.25. The van der Waals surface area contributed by atoms with E-state index in [0.29, 0.717) is 40.9 Å². The smallest absolute Gasteiger partial charge is 0.302 e. The van der Waals surface area contributed by atoms with Gasteiger partial charge in [0.25, 0.3) is 5.09 Å². The molecule has 10 atom stereocenters. The van der Waals surface area contributed by atoms with Gasteiger partial charge in [-0.2, -0.15) is 0 Å². The van der Waals surface area contributed by atoms with E-state index in [1.54, 1.807) is 6.92 Å². The van der Waals surface area contributed by atoms with Crippen LogP contribution in [0.25, 0.3) is 0 Å². The first-order chi connectivity index (χ1) is 18.1. The Hall–Kier alpha value is -1.33. The molecule has 0 amide bonds. The number of carbonyl (C=O) groups is 1. The van der Waals surface area contributed by atoms with Crippen molar-refractivity contribution in [2.75, 3.05) is 6.61 Å². The summed E-state index contributed by atoms with van der Waals surface area (Å²) >= 11 is 0. The van der Waals surface area contributed by atoms with Gasteiger partial charge in [0.1, 0.15) is 6.10 Å². The maximum absolute atomic E-state index is 11.9. The topological polar surface area (TPSA) is 78.7 Å². The summed E-state index contributed by atoms with van der Waals surface area (Å²) in [7, 11) is 0. The molecule has 0 bridgehead atoms. The molecular weight excluding hydrogens is 490 g/mol. The van der Waals surface area contributed by atoms with Crippen molar-refractivity contribution < 1.29 is 19.5 Å². The largest absolute Gasteiger partial charge is 0.462 e. The van der Waals surface area contributed by atoms with Gasteiger partial charge in [0.05, 0.1) is 6.61 Å². The monoisotopic (exact) mass is 545 g/mol. The van der Waals surface area contributed by atoms with Gasteiger partial charge in [0.15, 0.2) is 0 Å². The molecule has 0 radical (unpaired) electrons. The molecule has 222 valence electrons. The first-order valence-electron chi connectivity index (χ1n) is 16.1. The number of hydrogen-bond donors (Lipinski definition) is 0. The van der Waals surface area contributed by atoms with Crippen LogP contribution in [0.3, 0.4) is 0 Å². The summed E-state index contributed by atoms with van der Waals surface area (Å²) in [6, 6.07) is 0. The lowest BCUT2D eigenvalue weighted by atomic mass is 9.32. The van der Waals surface area contributed by atoms with Gasteiger partial charge in [-0.1, -0.05) is 48.5 Å². The molecule has 5 saturated carbocycles. The van der Waals surface area contributed by atoms with Crippen molar-refractivity contribution in [2.45, 2.75) is 132 Å². The predicted molar refractivity (Wildman–Crippen MR) is 152 cm³/mol. The quantitative estimate of drug-likeness (QED) is 0.191. The highest BCUT2D eigenvalue weighted by molar-refractivity contribution is 5.66. The van der Waals surface area contributed by atoms with Crippen LogP contribution >= 0.6 is 0 Å². The second-order valence-corrected chi connectivity index (χ2v) is 16.3. The van der Waals surface area contributed by atoms with Gasteiger partial charge >= 0.3 is 5.97 Å². The minimum atomic E-state index is -0.601. The Balaban J connectivity index is 1.47. The van der Waals surface area contributed by atoms with Crippen LogP contribution in [0.1, 0.15) is 126 Å². The molecule has 5 aliphatic carbocycles. The summed E-state index contributed by atoms with van der Waals surface area (Å²) in [6.07, 6.45) is 12.9. The maximum atomic E-state index is 11.9. The second-order valence-electron chi connectivity index (χ2n) is 16.3. The molecule has 0 saturated heterocycles. The number of ether oxygens (including phenoxy) is 1. The normalized spacial score (nSPS) is 48.3. The number of carbonyl (C=O) groups excluding carboxylic acids is 1. The molecule has 0 aromatic rings. The zero-order chi connectivity index (χ0) is 28.6. The van der Waals surface area contributed by atoms with Crippen LogP contribution in [0.2, 0.25) is 0 Å². The molecule has 0 N–H and O–H groups in total. The number of hydrogen-bond acceptors (Lipinski definition) is 5. The minimum absolute atomic E-state index is 0.00925. The molecule has 0 aliphatic heterocycles. The molecule has 0 aromatic heterocycles. The van der Waals surface area contributed by atoms with Crippen molar-refractivity contribution in [3.63, 3.8) is 0 Å². The molecule has 0 spiro atoms. The highest BCUT2D eigenvalue weighted by atomic mass is 16.9. The van der Waals surface area contributed by atoms with Crippen molar-refractivity contribution in [1.29, 1.82) is 0 Å². The Bertz CT molecular complexity index is 979. The molecule has 6 heteroatoms. The fourth-order valence-corrected chi connectivity index (χ4v) is 12.7. The van der Waals surface area contributed by atoms with Crippen molar-refractivity contribution in [3.05, 3.63) is 10.1 Å². The molecule has 5 fully saturated rings. The van der Waals surface area contributed by atoms with Crippen LogP contribution in [0, 0.1) is 72.7 Å². The first-order valence-corrected chi connectivity index (χ1v) is 16.1. The molecular formula is C33H55NO5. The van der Waals surface area contributed by atoms with Crippen LogP contribution in [0.15, 0.2) is 0 Å². The van der Waals surface area contributed by atoms with Gasteiger partial charge in [0, 0.05) is 12.3 Å². The highest BCUT2D eigenvalue weighted by Crippen LogP contribution is 2.78. The summed E-state index contributed by atoms with van der Waals surface area (Å²) < 4.78 is 5.92. The molecule has 5 aliphatic rings. The summed E-state index contributed by atoms with van der Waals surface area (Å²) in [5.41, 5.74) is 1.03. The number of nitrogens with zero attached hydrogens (tertiary/aromatic N) is 1. The van der Waals surface area contributed by atoms with E-state index >= 15 is 0 Å². The third-order valence-electron chi connectivity index (χ3n) is 14.6. The summed E-state index contributed by atoms with van der Waals surface area (Å²) in [6.45, 7) is 19.3. The maximum Gasteiger partial charge on any atom is 0.302 e. The van der Waals surface area contributed by atoms with Gasteiger partial charge in [0.2, 0.25) is 0 Å². The van der Waals surface area contributed by atoms with Gasteiger partial charge in [-0.25, -0.2) is 0 Å². The number of esters is 1. The fraction of sp³-hybridized carbons (Fsp3) is 0.970. The molecule has 5 rings (SSSR count). The van der Waals surface area contributed by atoms with Crippen molar-refractivity contribution in [3.8, 4) is 0 Å². The lowest BCUT2D eigenvalue weighted by molar-refractivity contribution is -0.758. The molecule has 6 nitrogen and oxygen atoms in total. The van der Waals surface area contributed by atoms with Crippen LogP contribution in [0.5, 0.6) is 0 Å². The van der Waals surface area contributed by atoms with E-state index in [-0.39, 0.29) is 40.3 Å². The fourth-order valence-electron chi connectivity index (χ4n) is 12.7. The lowest BCUT2D eigenvalue weighted by Crippen LogP contribution is -2.66. The average Bonchev–Trinajstić information content (AvgIpc) is 3.21. The van der Waals surface area contributed by atoms with E-state index in [1.165, 1.54) is 51.4 Å². The van der Waals surface area contributed by atoms with E-state index in [1.807, 2.05) is 0 Å². The van der Waals surface area contributed by atoms with Crippen LogP contribution in [0.4, 0.5) is 0 Å². The standard InChI is InChI=1S/C33H55NO5/c1-21(2)23-11-16-33(19-20-38-34(36)37)18-17-31(7)24(28(23)33)9-10-26-30(6)14-13-27(39-22(3)35)29(4,5)25(30)12-15-32(26,31)8/h21,23-28H,9-20H2,1-8H3/t23-,24?,25?,26?,27?,28?,30-,31+,32+,33+/m0/s1. The number of fused-ring (bicyclic) bond motifs is 7. The van der Waals surface area contributed by atoms with Crippen LogP contribution < -0.4 is 0 Å². The lowest BCUT2D eigenvalue weighted by Gasteiger charge is -2.73. The van der Waals surface area contributed by atoms with E-state index < -0.39 is 5.09 Å². The average molecular weight is 546 g/mol. The Labute approximate surface area is 236 Å². The third kappa shape index (κ3) is 4.18. The van der Waals surface area contributed by atoms with Gasteiger partial charge in [-0.3, -0.25) is 4.79 Å².